The summed E-state index contributed by atoms with van der Waals surface area (Å²) in [5, 5.41) is 9.70. The van der Waals surface area contributed by atoms with Gasteiger partial charge in [-0.2, -0.15) is 0 Å². The minimum absolute atomic E-state index is 0.0627. The minimum atomic E-state index is -0.284. The topological polar surface area (TPSA) is 100 Å². The van der Waals surface area contributed by atoms with Gasteiger partial charge in [0.05, 0.1) is 24.0 Å². The van der Waals surface area contributed by atoms with Crippen molar-refractivity contribution in [3.05, 3.63) is 47.1 Å². The summed E-state index contributed by atoms with van der Waals surface area (Å²) in [5.41, 5.74) is 1.84. The molecule has 2 aromatic rings. The molecule has 3 heterocycles. The maximum atomic E-state index is 12.5. The number of aryl methyl sites for hydroxylation is 2. The average molecular weight is 357 g/mol. The van der Waals surface area contributed by atoms with Crippen LogP contribution in [0, 0.1) is 13.8 Å². The molecule has 2 amide bonds. The SMILES string of the molecule is Cc1noc(C)c1C(=O)N[C@H]1C[C@@H](C(=O)NCc2ccccn2)N(C)C1. The second-order valence-corrected chi connectivity index (χ2v) is 6.60. The molecule has 0 bridgehead atoms. The largest absolute Gasteiger partial charge is 0.361 e. The van der Waals surface area contributed by atoms with E-state index in [9.17, 15) is 9.59 Å². The van der Waals surface area contributed by atoms with E-state index in [0.29, 0.717) is 36.5 Å². The fourth-order valence-corrected chi connectivity index (χ4v) is 3.27. The predicted octanol–water partition coefficient (Wildman–Crippen LogP) is 0.805. The van der Waals surface area contributed by atoms with Gasteiger partial charge in [0.25, 0.3) is 5.91 Å². The van der Waals surface area contributed by atoms with Crippen molar-refractivity contribution in [2.45, 2.75) is 38.9 Å². The molecule has 138 valence electrons. The van der Waals surface area contributed by atoms with Crippen LogP contribution >= 0.6 is 0 Å². The van der Waals surface area contributed by atoms with Gasteiger partial charge in [0.15, 0.2) is 0 Å². The number of hydrogen-bond donors (Lipinski definition) is 2. The van der Waals surface area contributed by atoms with Crippen LogP contribution in [0.25, 0.3) is 0 Å². The van der Waals surface area contributed by atoms with Gasteiger partial charge in [-0.05, 0) is 39.4 Å². The third-order valence-electron chi connectivity index (χ3n) is 4.62. The van der Waals surface area contributed by atoms with Gasteiger partial charge in [-0.3, -0.25) is 19.5 Å². The summed E-state index contributed by atoms with van der Waals surface area (Å²) in [4.78, 5) is 31.1. The molecule has 3 rings (SSSR count). The standard InChI is InChI=1S/C18H23N5O3/c1-11-16(12(2)26-22-11)18(25)21-14-8-15(23(3)10-14)17(24)20-9-13-6-4-5-7-19-13/h4-7,14-15H,8-10H2,1-3H3,(H,20,24)(H,21,25)/t14-,15-/m0/s1. The van der Waals surface area contributed by atoms with E-state index in [4.69, 9.17) is 4.52 Å². The highest BCUT2D eigenvalue weighted by Crippen LogP contribution is 2.18. The van der Waals surface area contributed by atoms with Crippen molar-refractivity contribution in [2.75, 3.05) is 13.6 Å². The molecular formula is C18H23N5O3. The first-order valence-corrected chi connectivity index (χ1v) is 8.57. The van der Waals surface area contributed by atoms with Crippen LogP contribution in [0.5, 0.6) is 0 Å². The Balaban J connectivity index is 1.55. The number of aromatic nitrogens is 2. The molecule has 0 aromatic carbocycles. The number of hydrogen-bond acceptors (Lipinski definition) is 6. The Morgan fingerprint density at radius 2 is 2.15 bits per heavy atom. The Morgan fingerprint density at radius 3 is 2.81 bits per heavy atom. The minimum Gasteiger partial charge on any atom is -0.361 e. The molecule has 0 aliphatic carbocycles. The molecule has 1 fully saturated rings. The van der Waals surface area contributed by atoms with E-state index in [1.165, 1.54) is 0 Å². The van der Waals surface area contributed by atoms with Crippen LogP contribution < -0.4 is 10.6 Å². The van der Waals surface area contributed by atoms with Crippen LogP contribution in [0.2, 0.25) is 0 Å². The van der Waals surface area contributed by atoms with E-state index in [1.807, 2.05) is 30.1 Å². The highest BCUT2D eigenvalue weighted by Gasteiger charge is 2.35. The van der Waals surface area contributed by atoms with Gasteiger partial charge in [-0.25, -0.2) is 0 Å². The number of carbonyl (C=O) groups excluding carboxylic acids is 2. The Bertz CT molecular complexity index is 770. The monoisotopic (exact) mass is 357 g/mol. The predicted molar refractivity (Wildman–Crippen MR) is 94.3 cm³/mol. The molecule has 2 atom stereocenters. The first kappa shape index (κ1) is 18.1. The second-order valence-electron chi connectivity index (χ2n) is 6.60. The zero-order valence-electron chi connectivity index (χ0n) is 15.2. The lowest BCUT2D eigenvalue weighted by Crippen LogP contribution is -2.41. The highest BCUT2D eigenvalue weighted by molar-refractivity contribution is 5.96. The quantitative estimate of drug-likeness (QED) is 0.821. The van der Waals surface area contributed by atoms with E-state index in [1.54, 1.807) is 20.0 Å². The zero-order valence-corrected chi connectivity index (χ0v) is 15.2. The summed E-state index contributed by atoms with van der Waals surface area (Å²) < 4.78 is 5.04. The van der Waals surface area contributed by atoms with Crippen molar-refractivity contribution >= 4 is 11.8 Å². The molecule has 8 nitrogen and oxygen atoms in total. The van der Waals surface area contributed by atoms with E-state index in [0.717, 1.165) is 5.69 Å². The van der Waals surface area contributed by atoms with Crippen molar-refractivity contribution in [2.24, 2.45) is 0 Å². The maximum Gasteiger partial charge on any atom is 0.257 e. The van der Waals surface area contributed by atoms with Crippen LogP contribution in [0.1, 0.15) is 33.9 Å². The van der Waals surface area contributed by atoms with Crippen molar-refractivity contribution in [1.82, 2.24) is 25.7 Å². The number of likely N-dealkylation sites (N-methyl/N-ethyl adjacent to an activating group) is 1. The van der Waals surface area contributed by atoms with Crippen LogP contribution in [0.15, 0.2) is 28.9 Å². The lowest BCUT2D eigenvalue weighted by Gasteiger charge is -2.18. The summed E-state index contributed by atoms with van der Waals surface area (Å²) in [7, 11) is 1.88. The summed E-state index contributed by atoms with van der Waals surface area (Å²) in [6.45, 7) is 4.44. The highest BCUT2D eigenvalue weighted by atomic mass is 16.5. The smallest absolute Gasteiger partial charge is 0.257 e. The van der Waals surface area contributed by atoms with Gasteiger partial charge < -0.3 is 15.2 Å². The van der Waals surface area contributed by atoms with Gasteiger partial charge in [0.1, 0.15) is 11.3 Å². The van der Waals surface area contributed by atoms with Gasteiger partial charge in [0, 0.05) is 18.8 Å². The lowest BCUT2D eigenvalue weighted by molar-refractivity contribution is -0.125. The number of rotatable bonds is 5. The van der Waals surface area contributed by atoms with Crippen molar-refractivity contribution in [1.29, 1.82) is 0 Å². The summed E-state index contributed by atoms with van der Waals surface area (Å²) in [5.74, 6) is 0.220. The van der Waals surface area contributed by atoms with E-state index in [-0.39, 0.29) is 23.9 Å². The number of amides is 2. The molecule has 1 saturated heterocycles. The molecule has 2 N–H and O–H groups in total. The number of pyridine rings is 1. The molecular weight excluding hydrogens is 334 g/mol. The molecule has 8 heteroatoms. The normalized spacial score (nSPS) is 20.1. The van der Waals surface area contributed by atoms with Gasteiger partial charge in [-0.1, -0.05) is 11.2 Å². The Kier molecular flexibility index (Phi) is 5.32. The number of nitrogens with zero attached hydrogens (tertiary/aromatic N) is 3. The molecule has 1 aliphatic rings. The molecule has 1 aliphatic heterocycles. The third kappa shape index (κ3) is 3.91. The molecule has 0 unspecified atom stereocenters. The average Bonchev–Trinajstić information content (AvgIpc) is 3.15. The van der Waals surface area contributed by atoms with Gasteiger partial charge in [-0.15, -0.1) is 0 Å². The van der Waals surface area contributed by atoms with E-state index in [2.05, 4.69) is 20.8 Å². The Morgan fingerprint density at radius 1 is 1.35 bits per heavy atom. The van der Waals surface area contributed by atoms with Crippen molar-refractivity contribution in [3.63, 3.8) is 0 Å². The second kappa shape index (κ2) is 7.65. The fourth-order valence-electron chi connectivity index (χ4n) is 3.27. The summed E-state index contributed by atoms with van der Waals surface area (Å²) in [6, 6.07) is 5.20. The Hall–Kier alpha value is -2.74. The summed E-state index contributed by atoms with van der Waals surface area (Å²) >= 11 is 0. The van der Waals surface area contributed by atoms with Gasteiger partial charge in [0.2, 0.25) is 5.91 Å². The maximum absolute atomic E-state index is 12.5. The van der Waals surface area contributed by atoms with Crippen LogP contribution in [0.3, 0.4) is 0 Å². The zero-order chi connectivity index (χ0) is 18.7. The fraction of sp³-hybridized carbons (Fsp3) is 0.444. The first-order valence-electron chi connectivity index (χ1n) is 8.57. The van der Waals surface area contributed by atoms with E-state index < -0.39 is 0 Å². The lowest BCUT2D eigenvalue weighted by atomic mass is 10.1. The molecule has 0 saturated carbocycles. The first-order chi connectivity index (χ1) is 12.5. The number of carbonyl (C=O) groups is 2. The van der Waals surface area contributed by atoms with Crippen molar-refractivity contribution in [3.8, 4) is 0 Å². The van der Waals surface area contributed by atoms with E-state index >= 15 is 0 Å². The van der Waals surface area contributed by atoms with Crippen LogP contribution in [-0.2, 0) is 11.3 Å². The van der Waals surface area contributed by atoms with Crippen LogP contribution in [0.4, 0.5) is 0 Å². The molecule has 2 aromatic heterocycles. The Labute approximate surface area is 151 Å². The number of likely N-dealkylation sites (tertiary alicyclic amines) is 1. The third-order valence-corrected chi connectivity index (χ3v) is 4.62. The summed E-state index contributed by atoms with van der Waals surface area (Å²) in [6.07, 6.45) is 2.25. The van der Waals surface area contributed by atoms with Gasteiger partial charge >= 0.3 is 0 Å². The van der Waals surface area contributed by atoms with Crippen molar-refractivity contribution < 1.29 is 14.1 Å². The molecule has 0 spiro atoms. The van der Waals surface area contributed by atoms with Crippen LogP contribution in [-0.4, -0.2) is 52.5 Å². The molecule has 26 heavy (non-hydrogen) atoms. The molecule has 0 radical (unpaired) electrons. The number of nitrogens with one attached hydrogen (secondary N) is 2.